The lowest BCUT2D eigenvalue weighted by Gasteiger charge is -2.39. The molecule has 1 aliphatic carbocycles. The highest BCUT2D eigenvalue weighted by molar-refractivity contribution is 5.41. The maximum Gasteiger partial charge on any atom is 0.132 e. The molecule has 0 bridgehead atoms. The van der Waals surface area contributed by atoms with Crippen LogP contribution < -0.4 is 15.8 Å². The summed E-state index contributed by atoms with van der Waals surface area (Å²) in [6, 6.07) is 2.42. The highest BCUT2D eigenvalue weighted by atomic mass is 19.1. The van der Waals surface area contributed by atoms with Crippen molar-refractivity contribution in [3.63, 3.8) is 0 Å². The van der Waals surface area contributed by atoms with E-state index in [4.69, 9.17) is 4.74 Å². The van der Waals surface area contributed by atoms with Gasteiger partial charge in [-0.1, -0.05) is 0 Å². The van der Waals surface area contributed by atoms with Gasteiger partial charge in [0.2, 0.25) is 0 Å². The van der Waals surface area contributed by atoms with E-state index in [0.717, 1.165) is 30.1 Å². The van der Waals surface area contributed by atoms with Crippen molar-refractivity contribution in [2.45, 2.75) is 51.1 Å². The summed E-state index contributed by atoms with van der Waals surface area (Å²) in [4.78, 5) is 12.8. The molecule has 0 spiro atoms. The Hall–Kier alpha value is -1.81. The number of rotatable bonds is 6. The zero-order valence-electron chi connectivity index (χ0n) is 17.1. The molecule has 0 radical (unpaired) electrons. The maximum absolute atomic E-state index is 12.6. The van der Waals surface area contributed by atoms with Gasteiger partial charge in [0.05, 0.1) is 30.1 Å². The maximum atomic E-state index is 12.6. The van der Waals surface area contributed by atoms with Crippen molar-refractivity contribution in [2.24, 2.45) is 5.92 Å². The third-order valence-electron chi connectivity index (χ3n) is 5.94. The highest BCUT2D eigenvalue weighted by Crippen LogP contribution is 2.38. The number of fused-ring (bicyclic) bond motifs is 1. The van der Waals surface area contributed by atoms with Crippen LogP contribution in [0, 0.1) is 5.92 Å². The minimum atomic E-state index is -0.687. The Morgan fingerprint density at radius 1 is 1.31 bits per heavy atom. The van der Waals surface area contributed by atoms with E-state index in [1.165, 1.54) is 0 Å². The minimum Gasteiger partial charge on any atom is -0.496 e. The molecular formula is C20H31FN6O2. The number of hydrogen-bond acceptors (Lipinski definition) is 8. The number of aromatic nitrogens is 2. The zero-order valence-corrected chi connectivity index (χ0v) is 17.1. The summed E-state index contributed by atoms with van der Waals surface area (Å²) in [7, 11) is 0. The molecule has 8 nitrogen and oxygen atoms in total. The molecule has 3 N–H and O–H groups in total. The van der Waals surface area contributed by atoms with Crippen molar-refractivity contribution in [3.05, 3.63) is 29.9 Å². The Kier molecular flexibility index (Phi) is 6.29. The number of nitrogens with zero attached hydrogens (tertiary/aromatic N) is 4. The average molecular weight is 407 g/mol. The van der Waals surface area contributed by atoms with Crippen molar-refractivity contribution < 1.29 is 14.2 Å². The van der Waals surface area contributed by atoms with E-state index in [-0.39, 0.29) is 18.7 Å². The van der Waals surface area contributed by atoms with Gasteiger partial charge in [-0.2, -0.15) is 0 Å². The molecule has 2 aliphatic heterocycles. The van der Waals surface area contributed by atoms with Gasteiger partial charge >= 0.3 is 0 Å². The second kappa shape index (κ2) is 8.91. The van der Waals surface area contributed by atoms with E-state index in [0.29, 0.717) is 31.6 Å². The van der Waals surface area contributed by atoms with Gasteiger partial charge in [0, 0.05) is 44.1 Å². The first kappa shape index (κ1) is 20.5. The number of aliphatic hydroxyl groups is 1. The Morgan fingerprint density at radius 2 is 2.17 bits per heavy atom. The second-order valence-electron chi connectivity index (χ2n) is 8.27. The number of anilines is 1. The molecule has 0 aromatic carbocycles. The van der Waals surface area contributed by atoms with Crippen LogP contribution in [0.4, 0.5) is 10.2 Å². The van der Waals surface area contributed by atoms with Crippen molar-refractivity contribution >= 4 is 5.82 Å². The lowest BCUT2D eigenvalue weighted by atomic mass is 9.83. The van der Waals surface area contributed by atoms with Crippen molar-refractivity contribution in [2.75, 3.05) is 37.8 Å². The van der Waals surface area contributed by atoms with Crippen LogP contribution >= 0.6 is 0 Å². The van der Waals surface area contributed by atoms with Crippen LogP contribution in [0.25, 0.3) is 0 Å². The number of hydrazine groups is 1. The van der Waals surface area contributed by atoms with E-state index in [1.54, 1.807) is 11.2 Å². The molecule has 0 unspecified atom stereocenters. The molecule has 160 valence electrons. The van der Waals surface area contributed by atoms with Gasteiger partial charge in [-0.25, -0.2) is 19.8 Å². The molecule has 2 fully saturated rings. The standard InChI is InChI=1S/C20H31FN6O2/c1-13(2)29-14-3-4-16-15(9-14)20(25-24-16)17-10-18(23-12-22-17)27-8-7-26(6-5-21)19(28)11-27/h3,10,12-13,15-16,19-20,24-25,28H,4-9,11H2,1-2H3/t15-,16+,19+,20+/m0/s1. The first-order chi connectivity index (χ1) is 14.0. The van der Waals surface area contributed by atoms with E-state index >= 15 is 0 Å². The van der Waals surface area contributed by atoms with Gasteiger partial charge in [0.1, 0.15) is 25.0 Å². The van der Waals surface area contributed by atoms with Crippen LogP contribution in [0.15, 0.2) is 24.2 Å². The van der Waals surface area contributed by atoms with E-state index in [2.05, 4.69) is 26.9 Å². The van der Waals surface area contributed by atoms with Crippen LogP contribution in [0.3, 0.4) is 0 Å². The summed E-state index contributed by atoms with van der Waals surface area (Å²) in [5, 5.41) is 10.3. The van der Waals surface area contributed by atoms with E-state index < -0.39 is 12.9 Å². The Labute approximate surface area is 171 Å². The first-order valence-corrected chi connectivity index (χ1v) is 10.5. The van der Waals surface area contributed by atoms with Gasteiger partial charge in [-0.05, 0) is 26.3 Å². The molecule has 9 heteroatoms. The molecule has 3 heterocycles. The van der Waals surface area contributed by atoms with Gasteiger partial charge < -0.3 is 14.7 Å². The van der Waals surface area contributed by atoms with Crippen LogP contribution in [0.2, 0.25) is 0 Å². The topological polar surface area (TPSA) is 85.8 Å². The fraction of sp³-hybridized carbons (Fsp3) is 0.700. The van der Waals surface area contributed by atoms with Crippen LogP contribution in [0.5, 0.6) is 0 Å². The van der Waals surface area contributed by atoms with Gasteiger partial charge in [-0.15, -0.1) is 0 Å². The van der Waals surface area contributed by atoms with Crippen LogP contribution in [0.1, 0.15) is 38.4 Å². The summed E-state index contributed by atoms with van der Waals surface area (Å²) in [6.07, 6.45) is 5.05. The number of nitrogens with one attached hydrogen (secondary N) is 2. The summed E-state index contributed by atoms with van der Waals surface area (Å²) < 4.78 is 18.6. The molecule has 0 saturated carbocycles. The predicted molar refractivity (Wildman–Crippen MR) is 108 cm³/mol. The number of alkyl halides is 1. The molecule has 1 aromatic rings. The summed E-state index contributed by atoms with van der Waals surface area (Å²) in [6.45, 7) is 5.63. The summed E-state index contributed by atoms with van der Waals surface area (Å²) >= 11 is 0. The lowest BCUT2D eigenvalue weighted by Crippen LogP contribution is -2.54. The number of allylic oxidation sites excluding steroid dienone is 1. The molecule has 3 aliphatic rings. The average Bonchev–Trinajstić information content (AvgIpc) is 3.12. The molecule has 2 saturated heterocycles. The van der Waals surface area contributed by atoms with Gasteiger partial charge in [0.25, 0.3) is 0 Å². The largest absolute Gasteiger partial charge is 0.496 e. The first-order valence-electron chi connectivity index (χ1n) is 10.5. The van der Waals surface area contributed by atoms with E-state index in [9.17, 15) is 9.50 Å². The van der Waals surface area contributed by atoms with Crippen molar-refractivity contribution in [3.8, 4) is 0 Å². The number of ether oxygens (including phenoxy) is 1. The molecule has 4 rings (SSSR count). The van der Waals surface area contributed by atoms with Gasteiger partial charge in [0.15, 0.2) is 0 Å². The zero-order chi connectivity index (χ0) is 20.4. The van der Waals surface area contributed by atoms with Gasteiger partial charge in [-0.3, -0.25) is 10.3 Å². The second-order valence-corrected chi connectivity index (χ2v) is 8.27. The monoisotopic (exact) mass is 406 g/mol. The molecule has 1 aromatic heterocycles. The molecule has 0 amide bonds. The molecule has 29 heavy (non-hydrogen) atoms. The Balaban J connectivity index is 1.46. The highest BCUT2D eigenvalue weighted by Gasteiger charge is 2.40. The Morgan fingerprint density at radius 3 is 2.93 bits per heavy atom. The number of hydrogen-bond donors (Lipinski definition) is 3. The van der Waals surface area contributed by atoms with Crippen LogP contribution in [-0.4, -0.2) is 71.2 Å². The van der Waals surface area contributed by atoms with Crippen molar-refractivity contribution in [1.29, 1.82) is 0 Å². The SMILES string of the molecule is CC(C)OC1=CC[C@H]2NN[C@@H](c3cc(N4CCN(CCF)[C@H](O)C4)ncn3)[C@H]2C1. The third kappa shape index (κ3) is 4.53. The molecule has 4 atom stereocenters. The number of piperazine rings is 1. The lowest BCUT2D eigenvalue weighted by molar-refractivity contribution is -0.00656. The normalized spacial score (nSPS) is 30.4. The van der Waals surface area contributed by atoms with Crippen molar-refractivity contribution in [1.82, 2.24) is 25.7 Å². The van der Waals surface area contributed by atoms with E-state index in [1.807, 2.05) is 24.8 Å². The quantitative estimate of drug-likeness (QED) is 0.648. The number of β-amino-alcohol motifs (C(OH)–C–C–N with tert-alkyl or cyclic N) is 1. The Bertz CT molecular complexity index is 733. The fourth-order valence-corrected chi connectivity index (χ4v) is 4.49. The van der Waals surface area contributed by atoms with Crippen LogP contribution in [-0.2, 0) is 4.74 Å². The summed E-state index contributed by atoms with van der Waals surface area (Å²) in [5.41, 5.74) is 7.74. The number of halogens is 1. The smallest absolute Gasteiger partial charge is 0.132 e. The number of aliphatic hydroxyl groups excluding tert-OH is 1. The summed E-state index contributed by atoms with van der Waals surface area (Å²) in [5.74, 6) is 2.20. The molecular weight excluding hydrogens is 375 g/mol. The predicted octanol–water partition coefficient (Wildman–Crippen LogP) is 1.12. The minimum absolute atomic E-state index is 0.0685. The third-order valence-corrected chi connectivity index (χ3v) is 5.94. The fourth-order valence-electron chi connectivity index (χ4n) is 4.49.